The molecule has 4 nitrogen and oxygen atoms in total. The molecule has 2 heterocycles. The van der Waals surface area contributed by atoms with Crippen molar-refractivity contribution in [1.82, 2.24) is 0 Å². The molecule has 2 aromatic heterocycles. The normalized spacial score (nSPS) is 10.4. The van der Waals surface area contributed by atoms with Crippen LogP contribution in [0.4, 0.5) is 5.00 Å². The fourth-order valence-corrected chi connectivity index (χ4v) is 3.56. The third-order valence-corrected chi connectivity index (χ3v) is 5.01. The Hall–Kier alpha value is -1.66. The average molecular weight is 323 g/mol. The molecule has 0 radical (unpaired) electrons. The van der Waals surface area contributed by atoms with Crippen LogP contribution in [0, 0.1) is 6.92 Å². The van der Waals surface area contributed by atoms with Gasteiger partial charge in [-0.05, 0) is 38.5 Å². The fraction of sp³-hybridized carbons (Fsp3) is 0.333. The van der Waals surface area contributed by atoms with Crippen molar-refractivity contribution in [3.05, 3.63) is 38.4 Å². The van der Waals surface area contributed by atoms with Gasteiger partial charge in [0, 0.05) is 9.75 Å². The summed E-state index contributed by atoms with van der Waals surface area (Å²) in [5.74, 6) is -0.593. The second-order valence-corrected chi connectivity index (χ2v) is 6.82. The van der Waals surface area contributed by atoms with Crippen LogP contribution in [0.3, 0.4) is 0 Å². The van der Waals surface area contributed by atoms with E-state index >= 15 is 0 Å². The van der Waals surface area contributed by atoms with E-state index in [2.05, 4.69) is 12.2 Å². The van der Waals surface area contributed by atoms with Crippen LogP contribution in [0.1, 0.15) is 43.6 Å². The molecule has 0 aliphatic heterocycles. The smallest absolute Gasteiger partial charge is 0.341 e. The first-order valence-corrected chi connectivity index (χ1v) is 8.36. The number of ether oxygens (including phenoxy) is 1. The molecule has 0 aliphatic rings. The van der Waals surface area contributed by atoms with Gasteiger partial charge in [0.25, 0.3) is 5.91 Å². The van der Waals surface area contributed by atoms with Crippen LogP contribution in [0.25, 0.3) is 0 Å². The predicted molar refractivity (Wildman–Crippen MR) is 86.7 cm³/mol. The number of hydrogen-bond donors (Lipinski definition) is 1. The summed E-state index contributed by atoms with van der Waals surface area (Å²) in [7, 11) is 0. The fourth-order valence-electron chi connectivity index (χ4n) is 1.82. The van der Waals surface area contributed by atoms with E-state index in [4.69, 9.17) is 4.74 Å². The molecule has 112 valence electrons. The number of carbonyl (C=O) groups excluding carboxylic acids is 2. The molecule has 1 N–H and O–H groups in total. The minimum atomic E-state index is -0.405. The Morgan fingerprint density at radius 3 is 2.62 bits per heavy atom. The number of rotatable bonds is 5. The number of hydrogen-bond acceptors (Lipinski definition) is 5. The highest BCUT2D eigenvalue weighted by Crippen LogP contribution is 2.29. The molecule has 0 atom stereocenters. The highest BCUT2D eigenvalue weighted by atomic mass is 32.1. The van der Waals surface area contributed by atoms with Crippen LogP contribution in [0.5, 0.6) is 0 Å². The number of nitrogens with one attached hydrogen (secondary N) is 1. The second kappa shape index (κ2) is 6.87. The van der Waals surface area contributed by atoms with Gasteiger partial charge in [0.1, 0.15) is 5.00 Å². The zero-order chi connectivity index (χ0) is 15.4. The van der Waals surface area contributed by atoms with E-state index < -0.39 is 5.97 Å². The summed E-state index contributed by atoms with van der Waals surface area (Å²) in [4.78, 5) is 26.9. The summed E-state index contributed by atoms with van der Waals surface area (Å²) in [6, 6.07) is 5.50. The number of esters is 1. The summed E-state index contributed by atoms with van der Waals surface area (Å²) in [5.41, 5.74) is 0.417. The molecule has 0 unspecified atom stereocenters. The first-order valence-electron chi connectivity index (χ1n) is 6.72. The number of amides is 1. The third-order valence-electron chi connectivity index (χ3n) is 2.81. The molecule has 0 saturated heterocycles. The lowest BCUT2D eigenvalue weighted by Gasteiger charge is -2.04. The molecule has 0 fully saturated rings. The van der Waals surface area contributed by atoms with Gasteiger partial charge >= 0.3 is 5.97 Å². The molecular formula is C15H17NO3S2. The van der Waals surface area contributed by atoms with Crippen LogP contribution >= 0.6 is 22.7 Å². The SMILES string of the molecule is CCOC(=O)c1cc(C)sc1NC(=O)c1ccc(CC)s1. The van der Waals surface area contributed by atoms with Gasteiger partial charge in [0.2, 0.25) is 0 Å². The number of aryl methyl sites for hydroxylation is 2. The lowest BCUT2D eigenvalue weighted by molar-refractivity contribution is 0.0528. The molecule has 0 aliphatic carbocycles. The Balaban J connectivity index is 2.19. The maximum atomic E-state index is 12.2. The van der Waals surface area contributed by atoms with Gasteiger partial charge < -0.3 is 10.1 Å². The number of carbonyl (C=O) groups is 2. The quantitative estimate of drug-likeness (QED) is 0.843. The van der Waals surface area contributed by atoms with E-state index in [1.54, 1.807) is 13.0 Å². The van der Waals surface area contributed by atoms with Gasteiger partial charge in [0.15, 0.2) is 0 Å². The lowest BCUT2D eigenvalue weighted by Crippen LogP contribution is -2.13. The van der Waals surface area contributed by atoms with Crippen molar-refractivity contribution < 1.29 is 14.3 Å². The number of thiophene rings is 2. The van der Waals surface area contributed by atoms with Crippen LogP contribution in [-0.4, -0.2) is 18.5 Å². The summed E-state index contributed by atoms with van der Waals surface area (Å²) >= 11 is 2.84. The van der Waals surface area contributed by atoms with Crippen molar-refractivity contribution in [2.45, 2.75) is 27.2 Å². The van der Waals surface area contributed by atoms with Gasteiger partial charge in [-0.1, -0.05) is 6.92 Å². The highest BCUT2D eigenvalue weighted by Gasteiger charge is 2.19. The van der Waals surface area contributed by atoms with Crippen molar-refractivity contribution in [2.75, 3.05) is 11.9 Å². The minimum absolute atomic E-state index is 0.188. The van der Waals surface area contributed by atoms with Crippen molar-refractivity contribution in [1.29, 1.82) is 0 Å². The predicted octanol–water partition coefficient (Wildman–Crippen LogP) is 4.11. The number of anilines is 1. The maximum Gasteiger partial charge on any atom is 0.341 e. The van der Waals surface area contributed by atoms with Gasteiger partial charge in [-0.3, -0.25) is 4.79 Å². The van der Waals surface area contributed by atoms with E-state index in [0.29, 0.717) is 22.0 Å². The molecule has 2 aromatic rings. The summed E-state index contributed by atoms with van der Waals surface area (Å²) in [5, 5.41) is 3.36. The average Bonchev–Trinajstić information content (AvgIpc) is 3.05. The topological polar surface area (TPSA) is 55.4 Å². The molecule has 0 saturated carbocycles. The molecule has 0 spiro atoms. The van der Waals surface area contributed by atoms with E-state index in [1.807, 2.05) is 19.1 Å². The van der Waals surface area contributed by atoms with Gasteiger partial charge in [-0.25, -0.2) is 4.79 Å². The summed E-state index contributed by atoms with van der Waals surface area (Å²) in [6.45, 7) is 6.01. The Kier molecular flexibility index (Phi) is 5.14. The molecule has 1 amide bonds. The molecule has 0 bridgehead atoms. The van der Waals surface area contributed by atoms with Crippen LogP contribution in [0.15, 0.2) is 18.2 Å². The largest absolute Gasteiger partial charge is 0.462 e. The zero-order valence-corrected chi connectivity index (χ0v) is 13.8. The Bertz CT molecular complexity index is 658. The molecule has 0 aromatic carbocycles. The second-order valence-electron chi connectivity index (χ2n) is 4.39. The molecular weight excluding hydrogens is 306 g/mol. The summed E-state index contributed by atoms with van der Waals surface area (Å²) < 4.78 is 5.01. The Labute approximate surface area is 131 Å². The zero-order valence-electron chi connectivity index (χ0n) is 12.2. The van der Waals surface area contributed by atoms with Crippen LogP contribution < -0.4 is 5.32 Å². The van der Waals surface area contributed by atoms with Crippen molar-refractivity contribution in [3.8, 4) is 0 Å². The minimum Gasteiger partial charge on any atom is -0.462 e. The molecule has 6 heteroatoms. The Morgan fingerprint density at radius 1 is 1.24 bits per heavy atom. The van der Waals surface area contributed by atoms with Crippen molar-refractivity contribution in [2.24, 2.45) is 0 Å². The van der Waals surface area contributed by atoms with Crippen LogP contribution in [-0.2, 0) is 11.2 Å². The standard InChI is InChI=1S/C15H17NO3S2/c1-4-10-6-7-12(21-10)13(17)16-14-11(8-9(3)20-14)15(18)19-5-2/h6-8H,4-5H2,1-3H3,(H,16,17). The maximum absolute atomic E-state index is 12.2. The van der Waals surface area contributed by atoms with Gasteiger partial charge in [-0.2, -0.15) is 0 Å². The molecule has 21 heavy (non-hydrogen) atoms. The van der Waals surface area contributed by atoms with Gasteiger partial charge in [-0.15, -0.1) is 22.7 Å². The van der Waals surface area contributed by atoms with Crippen molar-refractivity contribution >= 4 is 39.6 Å². The van der Waals surface area contributed by atoms with Crippen molar-refractivity contribution in [3.63, 3.8) is 0 Å². The first-order chi connectivity index (χ1) is 10.0. The third kappa shape index (κ3) is 3.71. The first kappa shape index (κ1) is 15.7. The molecule has 2 rings (SSSR count). The summed E-state index contributed by atoms with van der Waals surface area (Å²) in [6.07, 6.45) is 0.907. The van der Waals surface area contributed by atoms with E-state index in [1.165, 1.54) is 22.7 Å². The van der Waals surface area contributed by atoms with Crippen LogP contribution in [0.2, 0.25) is 0 Å². The lowest BCUT2D eigenvalue weighted by atomic mass is 10.3. The van der Waals surface area contributed by atoms with E-state index in [0.717, 1.165) is 16.2 Å². The monoisotopic (exact) mass is 323 g/mol. The highest BCUT2D eigenvalue weighted by molar-refractivity contribution is 7.17. The Morgan fingerprint density at radius 2 is 2.00 bits per heavy atom. The van der Waals surface area contributed by atoms with E-state index in [-0.39, 0.29) is 5.91 Å². The van der Waals surface area contributed by atoms with Gasteiger partial charge in [0.05, 0.1) is 17.0 Å². The van der Waals surface area contributed by atoms with E-state index in [9.17, 15) is 9.59 Å².